The molecular weight excluding hydrogens is 328 g/mol. The number of hydrogen-bond acceptors (Lipinski definition) is 4. The summed E-state index contributed by atoms with van der Waals surface area (Å²) < 4.78 is 5.80. The molecule has 0 aliphatic carbocycles. The van der Waals surface area contributed by atoms with Gasteiger partial charge in [0.1, 0.15) is 11.5 Å². The third-order valence-corrected chi connectivity index (χ3v) is 4.78. The number of amides is 1. The number of likely N-dealkylation sites (tertiary alicyclic amines) is 1. The van der Waals surface area contributed by atoms with Crippen molar-refractivity contribution in [2.24, 2.45) is 5.92 Å². The summed E-state index contributed by atoms with van der Waals surface area (Å²) in [5.41, 5.74) is 0.724. The molecule has 0 aromatic heterocycles. The number of carbonyl (C=O) groups is 1. The SMILES string of the molecule is CN1CCC(C(=O)NC[C@@H](O)c2cccc(Oc3ccccc3)c2)CC1. The van der Waals surface area contributed by atoms with E-state index in [1.165, 1.54) is 0 Å². The van der Waals surface area contributed by atoms with Gasteiger partial charge in [-0.15, -0.1) is 0 Å². The molecule has 1 aliphatic heterocycles. The van der Waals surface area contributed by atoms with Crippen molar-refractivity contribution >= 4 is 5.91 Å². The lowest BCUT2D eigenvalue weighted by Crippen LogP contribution is -2.40. The van der Waals surface area contributed by atoms with Crippen LogP contribution in [0.5, 0.6) is 11.5 Å². The van der Waals surface area contributed by atoms with E-state index in [1.807, 2.05) is 48.5 Å². The summed E-state index contributed by atoms with van der Waals surface area (Å²) in [5, 5.41) is 13.3. The number of ether oxygens (including phenoxy) is 1. The molecule has 2 aromatic carbocycles. The monoisotopic (exact) mass is 354 g/mol. The van der Waals surface area contributed by atoms with Crippen LogP contribution in [-0.4, -0.2) is 42.6 Å². The second-order valence-electron chi connectivity index (χ2n) is 6.83. The Morgan fingerprint density at radius 2 is 1.85 bits per heavy atom. The summed E-state index contributed by atoms with van der Waals surface area (Å²) in [5.74, 6) is 1.49. The number of nitrogens with one attached hydrogen (secondary N) is 1. The second-order valence-corrected chi connectivity index (χ2v) is 6.83. The van der Waals surface area contributed by atoms with E-state index < -0.39 is 6.10 Å². The molecule has 1 atom stereocenters. The molecular formula is C21H26N2O3. The van der Waals surface area contributed by atoms with Crippen molar-refractivity contribution in [3.8, 4) is 11.5 Å². The molecule has 0 unspecified atom stereocenters. The Bertz CT molecular complexity index is 712. The Labute approximate surface area is 154 Å². The van der Waals surface area contributed by atoms with Gasteiger partial charge in [0.15, 0.2) is 0 Å². The highest BCUT2D eigenvalue weighted by molar-refractivity contribution is 5.78. The number of benzene rings is 2. The number of para-hydroxylation sites is 1. The van der Waals surface area contributed by atoms with Crippen LogP contribution in [0.4, 0.5) is 0 Å². The quantitative estimate of drug-likeness (QED) is 0.837. The fraction of sp³-hybridized carbons (Fsp3) is 0.381. The van der Waals surface area contributed by atoms with Crippen LogP contribution in [0.15, 0.2) is 54.6 Å². The summed E-state index contributed by atoms with van der Waals surface area (Å²) in [4.78, 5) is 14.5. The molecule has 26 heavy (non-hydrogen) atoms. The van der Waals surface area contributed by atoms with Crippen LogP contribution in [-0.2, 0) is 4.79 Å². The van der Waals surface area contributed by atoms with Gasteiger partial charge in [-0.25, -0.2) is 0 Å². The van der Waals surface area contributed by atoms with Crippen LogP contribution in [0.3, 0.4) is 0 Å². The maximum atomic E-state index is 12.3. The molecule has 1 fully saturated rings. The smallest absolute Gasteiger partial charge is 0.223 e. The van der Waals surface area contributed by atoms with Gasteiger partial charge in [-0.1, -0.05) is 30.3 Å². The minimum atomic E-state index is -0.760. The number of hydrogen-bond donors (Lipinski definition) is 2. The van der Waals surface area contributed by atoms with Gasteiger partial charge in [-0.2, -0.15) is 0 Å². The van der Waals surface area contributed by atoms with Crippen LogP contribution in [0.1, 0.15) is 24.5 Å². The molecule has 1 amide bonds. The highest BCUT2D eigenvalue weighted by Crippen LogP contribution is 2.24. The minimum Gasteiger partial charge on any atom is -0.457 e. The first kappa shape index (κ1) is 18.4. The summed E-state index contributed by atoms with van der Waals surface area (Å²) in [6.07, 6.45) is 0.988. The Balaban J connectivity index is 1.53. The molecule has 0 radical (unpaired) electrons. The molecule has 3 rings (SSSR count). The average molecular weight is 354 g/mol. The molecule has 0 saturated carbocycles. The first-order chi connectivity index (χ1) is 12.6. The van der Waals surface area contributed by atoms with E-state index in [0.29, 0.717) is 5.75 Å². The standard InChI is InChI=1S/C21H26N2O3/c1-23-12-10-16(11-13-23)21(25)22-15-20(24)17-6-5-9-19(14-17)26-18-7-3-2-4-8-18/h2-9,14,16,20,24H,10-13,15H2,1H3,(H,22,25)/t20-/m1/s1. The highest BCUT2D eigenvalue weighted by atomic mass is 16.5. The molecule has 0 spiro atoms. The number of aliphatic hydroxyl groups excluding tert-OH is 1. The molecule has 1 heterocycles. The molecule has 0 bridgehead atoms. The molecule has 138 valence electrons. The molecule has 5 heteroatoms. The van der Waals surface area contributed by atoms with Gasteiger partial charge in [0.05, 0.1) is 6.10 Å². The van der Waals surface area contributed by atoms with Crippen molar-refractivity contribution in [2.75, 3.05) is 26.7 Å². The maximum Gasteiger partial charge on any atom is 0.223 e. The van der Waals surface area contributed by atoms with E-state index in [9.17, 15) is 9.90 Å². The molecule has 2 aromatic rings. The summed E-state index contributed by atoms with van der Waals surface area (Å²) in [6, 6.07) is 16.8. The molecule has 1 aliphatic rings. The fourth-order valence-electron chi connectivity index (χ4n) is 3.14. The van der Waals surface area contributed by atoms with Crippen LogP contribution in [0.2, 0.25) is 0 Å². The number of rotatable bonds is 6. The lowest BCUT2D eigenvalue weighted by atomic mass is 9.96. The van der Waals surface area contributed by atoms with E-state index in [2.05, 4.69) is 17.3 Å². The first-order valence-electron chi connectivity index (χ1n) is 9.09. The Morgan fingerprint density at radius 1 is 1.15 bits per heavy atom. The second kappa shape index (κ2) is 8.83. The van der Waals surface area contributed by atoms with Crippen molar-refractivity contribution in [3.05, 3.63) is 60.2 Å². The predicted octanol–water partition coefficient (Wildman–Crippen LogP) is 2.97. The zero-order valence-electron chi connectivity index (χ0n) is 15.1. The normalized spacial score (nSPS) is 16.8. The van der Waals surface area contributed by atoms with Crippen LogP contribution < -0.4 is 10.1 Å². The number of carbonyl (C=O) groups excluding carboxylic acids is 1. The highest BCUT2D eigenvalue weighted by Gasteiger charge is 2.23. The minimum absolute atomic E-state index is 0.0360. The van der Waals surface area contributed by atoms with E-state index in [0.717, 1.165) is 37.2 Å². The van der Waals surface area contributed by atoms with E-state index in [4.69, 9.17) is 4.74 Å². The van der Waals surface area contributed by atoms with Gasteiger partial charge >= 0.3 is 0 Å². The maximum absolute atomic E-state index is 12.3. The summed E-state index contributed by atoms with van der Waals surface area (Å²) in [7, 11) is 2.07. The van der Waals surface area contributed by atoms with Crippen molar-refractivity contribution in [3.63, 3.8) is 0 Å². The summed E-state index contributed by atoms with van der Waals surface area (Å²) >= 11 is 0. The lowest BCUT2D eigenvalue weighted by molar-refractivity contribution is -0.126. The molecule has 1 saturated heterocycles. The van der Waals surface area contributed by atoms with Crippen molar-refractivity contribution < 1.29 is 14.6 Å². The Morgan fingerprint density at radius 3 is 2.58 bits per heavy atom. The average Bonchev–Trinajstić information content (AvgIpc) is 2.67. The number of nitrogens with zero attached hydrogens (tertiary/aromatic N) is 1. The summed E-state index contributed by atoms with van der Waals surface area (Å²) in [6.45, 7) is 2.10. The van der Waals surface area contributed by atoms with Crippen LogP contribution in [0.25, 0.3) is 0 Å². The van der Waals surface area contributed by atoms with Gasteiger partial charge in [0, 0.05) is 12.5 Å². The van der Waals surface area contributed by atoms with Gasteiger partial charge in [0.25, 0.3) is 0 Å². The van der Waals surface area contributed by atoms with Gasteiger partial charge in [-0.05, 0) is 62.8 Å². The van der Waals surface area contributed by atoms with Crippen LogP contribution in [0, 0.1) is 5.92 Å². The van der Waals surface area contributed by atoms with Crippen LogP contribution >= 0.6 is 0 Å². The van der Waals surface area contributed by atoms with Gasteiger partial charge in [0.2, 0.25) is 5.91 Å². The first-order valence-corrected chi connectivity index (χ1v) is 9.09. The van der Waals surface area contributed by atoms with Crippen molar-refractivity contribution in [1.82, 2.24) is 10.2 Å². The van der Waals surface area contributed by atoms with E-state index in [-0.39, 0.29) is 18.4 Å². The van der Waals surface area contributed by atoms with Crippen molar-refractivity contribution in [1.29, 1.82) is 0 Å². The van der Waals surface area contributed by atoms with Gasteiger partial charge < -0.3 is 20.1 Å². The zero-order valence-corrected chi connectivity index (χ0v) is 15.1. The van der Waals surface area contributed by atoms with Crippen molar-refractivity contribution in [2.45, 2.75) is 18.9 Å². The number of aliphatic hydroxyl groups is 1. The lowest BCUT2D eigenvalue weighted by Gasteiger charge is -2.28. The van der Waals surface area contributed by atoms with Gasteiger partial charge in [-0.3, -0.25) is 4.79 Å². The fourth-order valence-corrected chi connectivity index (χ4v) is 3.14. The zero-order chi connectivity index (χ0) is 18.4. The Hall–Kier alpha value is -2.37. The van der Waals surface area contributed by atoms with E-state index in [1.54, 1.807) is 6.07 Å². The number of piperidine rings is 1. The van der Waals surface area contributed by atoms with E-state index >= 15 is 0 Å². The molecule has 2 N–H and O–H groups in total. The molecule has 5 nitrogen and oxygen atoms in total. The Kier molecular flexibility index (Phi) is 6.26. The predicted molar refractivity (Wildman–Crippen MR) is 101 cm³/mol. The topological polar surface area (TPSA) is 61.8 Å². The largest absolute Gasteiger partial charge is 0.457 e. The third-order valence-electron chi connectivity index (χ3n) is 4.78. The third kappa shape index (κ3) is 5.07.